The molecule has 0 bridgehead atoms. The number of carbonyl (C=O) groups is 1. The van der Waals surface area contributed by atoms with E-state index in [0.29, 0.717) is 0 Å². The number of hydrogen-bond donors (Lipinski definition) is 1. The molecule has 0 spiro atoms. The summed E-state index contributed by atoms with van der Waals surface area (Å²) in [5.41, 5.74) is 1.05. The molecule has 1 aromatic rings. The largest absolute Gasteiger partial charge is 0.392 e. The summed E-state index contributed by atoms with van der Waals surface area (Å²) < 4.78 is 0. The van der Waals surface area contributed by atoms with Crippen molar-refractivity contribution in [1.29, 1.82) is 0 Å². The number of likely N-dealkylation sites (tertiary alicyclic amines) is 1. The Hall–Kier alpha value is -1.79. The summed E-state index contributed by atoms with van der Waals surface area (Å²) in [6, 6.07) is 9.39. The van der Waals surface area contributed by atoms with E-state index in [1.165, 1.54) is 0 Å². The van der Waals surface area contributed by atoms with Crippen molar-refractivity contribution in [2.24, 2.45) is 5.92 Å². The highest BCUT2D eigenvalue weighted by atomic mass is 16.3. The zero-order valence-corrected chi connectivity index (χ0v) is 10.6. The fraction of sp³-hybridized carbons (Fsp3) is 0.400. The van der Waals surface area contributed by atoms with Gasteiger partial charge in [0.25, 0.3) is 0 Å². The van der Waals surface area contributed by atoms with Gasteiger partial charge >= 0.3 is 0 Å². The number of rotatable bonds is 3. The van der Waals surface area contributed by atoms with Crippen molar-refractivity contribution in [2.45, 2.75) is 32.0 Å². The van der Waals surface area contributed by atoms with Gasteiger partial charge in [0.05, 0.1) is 18.1 Å². The van der Waals surface area contributed by atoms with Crippen molar-refractivity contribution in [1.82, 2.24) is 4.90 Å². The van der Waals surface area contributed by atoms with Gasteiger partial charge in [-0.25, -0.2) is 0 Å². The van der Waals surface area contributed by atoms with Crippen molar-refractivity contribution >= 4 is 5.91 Å². The highest BCUT2D eigenvalue weighted by molar-refractivity contribution is 5.88. The Bertz CT molecular complexity index is 475. The molecular weight excluding hydrogens is 226 g/mol. The van der Waals surface area contributed by atoms with Crippen LogP contribution >= 0.6 is 0 Å². The average Bonchev–Trinajstić information content (AvgIpc) is 2.36. The maximum atomic E-state index is 12.1. The maximum Gasteiger partial charge on any atom is 0.232 e. The van der Waals surface area contributed by atoms with E-state index in [4.69, 9.17) is 6.42 Å². The Labute approximate surface area is 107 Å². The van der Waals surface area contributed by atoms with E-state index < -0.39 is 12.0 Å². The minimum absolute atomic E-state index is 0.0604. The molecule has 1 N–H and O–H groups in total. The fourth-order valence-corrected chi connectivity index (χ4v) is 2.51. The molecule has 0 saturated carbocycles. The van der Waals surface area contributed by atoms with E-state index in [9.17, 15) is 9.90 Å². The van der Waals surface area contributed by atoms with Gasteiger partial charge in [-0.3, -0.25) is 4.79 Å². The number of terminal acetylenes is 1. The van der Waals surface area contributed by atoms with Crippen molar-refractivity contribution in [2.75, 3.05) is 0 Å². The minimum atomic E-state index is -0.697. The average molecular weight is 243 g/mol. The van der Waals surface area contributed by atoms with Gasteiger partial charge in [0, 0.05) is 0 Å². The van der Waals surface area contributed by atoms with Crippen LogP contribution in [-0.4, -0.2) is 28.1 Å². The summed E-state index contributed by atoms with van der Waals surface area (Å²) in [5, 5.41) is 9.57. The smallest absolute Gasteiger partial charge is 0.232 e. The number of nitrogens with zero attached hydrogens (tertiary/aromatic N) is 1. The molecule has 0 aromatic heterocycles. The summed E-state index contributed by atoms with van der Waals surface area (Å²) in [6.45, 7) is 3.56. The zero-order valence-electron chi connectivity index (χ0n) is 10.6. The van der Waals surface area contributed by atoms with Gasteiger partial charge in [-0.15, -0.1) is 6.42 Å². The first-order valence-electron chi connectivity index (χ1n) is 6.09. The molecule has 94 valence electrons. The van der Waals surface area contributed by atoms with E-state index in [1.807, 2.05) is 37.3 Å². The molecule has 18 heavy (non-hydrogen) atoms. The van der Waals surface area contributed by atoms with Crippen LogP contribution < -0.4 is 0 Å². The SMILES string of the molecule is C#C[C@@H]1[C@H](C(C)O)C(=O)N1[C@H](C)c1ccccc1. The van der Waals surface area contributed by atoms with Crippen LogP contribution in [0.2, 0.25) is 0 Å². The number of benzene rings is 1. The predicted molar refractivity (Wildman–Crippen MR) is 69.5 cm³/mol. The first kappa shape index (κ1) is 12.7. The van der Waals surface area contributed by atoms with Gasteiger partial charge in [-0.2, -0.15) is 0 Å². The lowest BCUT2D eigenvalue weighted by molar-refractivity contribution is -0.163. The van der Waals surface area contributed by atoms with Crippen LogP contribution in [0.5, 0.6) is 0 Å². The molecule has 0 radical (unpaired) electrons. The van der Waals surface area contributed by atoms with E-state index in [-0.39, 0.29) is 18.0 Å². The lowest BCUT2D eigenvalue weighted by Gasteiger charge is -2.49. The normalized spacial score (nSPS) is 26.1. The number of β-lactam (4-membered cyclic amide) rings is 1. The summed E-state index contributed by atoms with van der Waals surface area (Å²) in [4.78, 5) is 13.7. The molecule has 2 rings (SSSR count). The van der Waals surface area contributed by atoms with E-state index in [2.05, 4.69) is 5.92 Å². The molecule has 1 aromatic carbocycles. The Balaban J connectivity index is 2.21. The predicted octanol–water partition coefficient (Wildman–Crippen LogP) is 1.59. The molecule has 1 aliphatic heterocycles. The molecule has 1 heterocycles. The number of hydrogen-bond acceptors (Lipinski definition) is 2. The molecule has 1 unspecified atom stereocenters. The number of carbonyl (C=O) groups excluding carboxylic acids is 1. The van der Waals surface area contributed by atoms with Crippen molar-refractivity contribution in [3.8, 4) is 12.3 Å². The van der Waals surface area contributed by atoms with Crippen molar-refractivity contribution < 1.29 is 9.90 Å². The van der Waals surface area contributed by atoms with Crippen molar-refractivity contribution in [3.63, 3.8) is 0 Å². The molecule has 0 aliphatic carbocycles. The van der Waals surface area contributed by atoms with Crippen LogP contribution in [0.1, 0.15) is 25.5 Å². The maximum absolute atomic E-state index is 12.1. The molecule has 4 atom stereocenters. The van der Waals surface area contributed by atoms with Gasteiger partial charge in [-0.1, -0.05) is 36.3 Å². The topological polar surface area (TPSA) is 40.5 Å². The third kappa shape index (κ3) is 1.89. The Morgan fingerprint density at radius 3 is 2.44 bits per heavy atom. The van der Waals surface area contributed by atoms with Crippen LogP contribution in [0.4, 0.5) is 0 Å². The molecule has 3 nitrogen and oxygen atoms in total. The highest BCUT2D eigenvalue weighted by Crippen LogP contribution is 2.36. The number of aliphatic hydroxyl groups is 1. The summed E-state index contributed by atoms with van der Waals surface area (Å²) in [6.07, 6.45) is 4.78. The van der Waals surface area contributed by atoms with Gasteiger partial charge in [0.15, 0.2) is 0 Å². The van der Waals surface area contributed by atoms with Crippen LogP contribution in [0, 0.1) is 18.3 Å². The fourth-order valence-electron chi connectivity index (χ4n) is 2.51. The van der Waals surface area contributed by atoms with Gasteiger partial charge in [-0.05, 0) is 19.4 Å². The third-order valence-electron chi connectivity index (χ3n) is 3.57. The van der Waals surface area contributed by atoms with Crippen LogP contribution in [0.25, 0.3) is 0 Å². The Morgan fingerprint density at radius 1 is 1.33 bits per heavy atom. The Kier molecular flexibility index (Phi) is 3.40. The second-order valence-electron chi connectivity index (χ2n) is 4.71. The molecule has 1 aliphatic rings. The van der Waals surface area contributed by atoms with Gasteiger partial charge in [0.2, 0.25) is 5.91 Å². The van der Waals surface area contributed by atoms with Crippen LogP contribution in [0.15, 0.2) is 30.3 Å². The summed E-state index contributed by atoms with van der Waals surface area (Å²) in [5.74, 6) is 2.09. The second kappa shape index (κ2) is 4.83. The van der Waals surface area contributed by atoms with Crippen LogP contribution in [-0.2, 0) is 4.79 Å². The lowest BCUT2D eigenvalue weighted by atomic mass is 9.81. The molecule has 3 heteroatoms. The quantitative estimate of drug-likeness (QED) is 0.647. The highest BCUT2D eigenvalue weighted by Gasteiger charge is 2.50. The standard InChI is InChI=1S/C15H17NO2/c1-4-13-14(11(3)17)15(18)16(13)10(2)12-8-6-5-7-9-12/h1,5-11,13-14,17H,2-3H3/t10-,11?,13-,14+/m1/s1. The van der Waals surface area contributed by atoms with Gasteiger partial charge in [0.1, 0.15) is 6.04 Å². The first-order chi connectivity index (χ1) is 8.57. The zero-order chi connectivity index (χ0) is 13.3. The summed E-state index contributed by atoms with van der Waals surface area (Å²) in [7, 11) is 0. The minimum Gasteiger partial charge on any atom is -0.392 e. The van der Waals surface area contributed by atoms with E-state index >= 15 is 0 Å². The van der Waals surface area contributed by atoms with E-state index in [1.54, 1.807) is 11.8 Å². The molecular formula is C15H17NO2. The van der Waals surface area contributed by atoms with Crippen molar-refractivity contribution in [3.05, 3.63) is 35.9 Å². The van der Waals surface area contributed by atoms with Gasteiger partial charge < -0.3 is 10.0 Å². The molecule has 1 fully saturated rings. The number of aliphatic hydroxyl groups excluding tert-OH is 1. The second-order valence-corrected chi connectivity index (χ2v) is 4.71. The molecule has 1 amide bonds. The lowest BCUT2D eigenvalue weighted by Crippen LogP contribution is -2.64. The van der Waals surface area contributed by atoms with E-state index in [0.717, 1.165) is 5.56 Å². The Morgan fingerprint density at radius 2 is 1.94 bits per heavy atom. The molecule has 1 saturated heterocycles. The monoisotopic (exact) mass is 243 g/mol. The number of amides is 1. The third-order valence-corrected chi connectivity index (χ3v) is 3.57. The van der Waals surface area contributed by atoms with Crippen LogP contribution in [0.3, 0.4) is 0 Å². The first-order valence-corrected chi connectivity index (χ1v) is 6.09. The summed E-state index contributed by atoms with van der Waals surface area (Å²) >= 11 is 0.